The summed E-state index contributed by atoms with van der Waals surface area (Å²) in [5.74, 6) is 1.25. The van der Waals surface area contributed by atoms with Crippen molar-refractivity contribution in [2.75, 3.05) is 0 Å². The van der Waals surface area contributed by atoms with E-state index in [4.69, 9.17) is 4.52 Å². The molecule has 0 saturated heterocycles. The van der Waals surface area contributed by atoms with E-state index in [0.29, 0.717) is 11.5 Å². The molecule has 5 rings (SSSR count). The lowest BCUT2D eigenvalue weighted by Gasteiger charge is -1.98. The molecule has 0 bridgehead atoms. The normalized spacial score (nSPS) is 12.0. The summed E-state index contributed by atoms with van der Waals surface area (Å²) in [7, 11) is 0. The SMILES string of the molecule is Cc1cc(C)c2c(n1)sc1c2ncn2nc(-c3cc(C)on3)nc12. The summed E-state index contributed by atoms with van der Waals surface area (Å²) >= 11 is 1.59. The van der Waals surface area contributed by atoms with Gasteiger partial charge in [-0.2, -0.15) is 0 Å². The smallest absolute Gasteiger partial charge is 0.204 e. The van der Waals surface area contributed by atoms with Gasteiger partial charge in [0.1, 0.15) is 21.6 Å². The molecular weight excluding hydrogens is 324 g/mol. The summed E-state index contributed by atoms with van der Waals surface area (Å²) in [6, 6.07) is 3.90. The molecule has 0 aliphatic rings. The standard InChI is InChI=1S/C16H12N6OS/c1-7-4-8(2)18-16-11(7)12-13(24-16)15-19-14(20-22(15)6-17-12)10-5-9(3)23-21-10/h4-6H,1-3H3. The highest BCUT2D eigenvalue weighted by molar-refractivity contribution is 7.26. The highest BCUT2D eigenvalue weighted by Gasteiger charge is 2.17. The van der Waals surface area contributed by atoms with Crippen molar-refractivity contribution < 1.29 is 4.52 Å². The highest BCUT2D eigenvalue weighted by atomic mass is 32.1. The predicted octanol–water partition coefficient (Wildman–Crippen LogP) is 3.47. The van der Waals surface area contributed by atoms with Crippen LogP contribution in [0, 0.1) is 20.8 Å². The first-order valence-corrected chi connectivity index (χ1v) is 8.27. The Morgan fingerprint density at radius 2 is 2.00 bits per heavy atom. The number of thiophene rings is 1. The molecule has 0 aromatic carbocycles. The van der Waals surface area contributed by atoms with Crippen molar-refractivity contribution in [3.63, 3.8) is 0 Å². The molecule has 5 heterocycles. The van der Waals surface area contributed by atoms with Crippen molar-refractivity contribution >= 4 is 37.4 Å². The van der Waals surface area contributed by atoms with Crippen molar-refractivity contribution in [1.29, 1.82) is 0 Å². The molecule has 24 heavy (non-hydrogen) atoms. The maximum absolute atomic E-state index is 5.12. The van der Waals surface area contributed by atoms with Gasteiger partial charge in [-0.05, 0) is 32.4 Å². The third-order valence-corrected chi connectivity index (χ3v) is 5.02. The molecule has 8 heteroatoms. The number of rotatable bonds is 1. The Hall–Kier alpha value is -2.87. The third-order valence-electron chi connectivity index (χ3n) is 3.95. The van der Waals surface area contributed by atoms with Crippen LogP contribution in [0.15, 0.2) is 23.0 Å². The molecule has 0 fully saturated rings. The zero-order valence-electron chi connectivity index (χ0n) is 13.2. The summed E-state index contributed by atoms with van der Waals surface area (Å²) in [6.45, 7) is 5.93. The number of aryl methyl sites for hydroxylation is 3. The van der Waals surface area contributed by atoms with E-state index >= 15 is 0 Å². The van der Waals surface area contributed by atoms with Crippen LogP contribution in [0.25, 0.3) is 37.6 Å². The summed E-state index contributed by atoms with van der Waals surface area (Å²) in [5.41, 5.74) is 4.48. The van der Waals surface area contributed by atoms with E-state index in [1.807, 2.05) is 19.9 Å². The molecule has 0 radical (unpaired) electrons. The monoisotopic (exact) mass is 336 g/mol. The molecular formula is C16H12N6OS. The zero-order chi connectivity index (χ0) is 16.4. The summed E-state index contributed by atoms with van der Waals surface area (Å²) in [6.07, 6.45) is 1.69. The summed E-state index contributed by atoms with van der Waals surface area (Å²) < 4.78 is 7.78. The Kier molecular flexibility index (Phi) is 2.58. The fourth-order valence-corrected chi connectivity index (χ4v) is 4.17. The van der Waals surface area contributed by atoms with Crippen molar-refractivity contribution in [2.24, 2.45) is 0 Å². The van der Waals surface area contributed by atoms with E-state index in [9.17, 15) is 0 Å². The minimum atomic E-state index is 0.527. The molecule has 5 aromatic heterocycles. The van der Waals surface area contributed by atoms with Crippen molar-refractivity contribution in [1.82, 2.24) is 29.7 Å². The van der Waals surface area contributed by atoms with E-state index in [1.165, 1.54) is 5.56 Å². The Morgan fingerprint density at radius 3 is 2.79 bits per heavy atom. The van der Waals surface area contributed by atoms with Crippen LogP contribution in [0.1, 0.15) is 17.0 Å². The first kappa shape index (κ1) is 13.6. The average Bonchev–Trinajstić information content (AvgIpc) is 3.20. The van der Waals surface area contributed by atoms with Crippen molar-refractivity contribution in [3.8, 4) is 11.5 Å². The van der Waals surface area contributed by atoms with Gasteiger partial charge < -0.3 is 4.52 Å². The second-order valence-corrected chi connectivity index (χ2v) is 6.81. The number of hydrogen-bond donors (Lipinski definition) is 0. The highest BCUT2D eigenvalue weighted by Crippen LogP contribution is 2.35. The van der Waals surface area contributed by atoms with Crippen molar-refractivity contribution in [2.45, 2.75) is 20.8 Å². The second kappa shape index (κ2) is 4.57. The summed E-state index contributed by atoms with van der Waals surface area (Å²) in [4.78, 5) is 14.9. The van der Waals surface area contributed by atoms with E-state index in [-0.39, 0.29) is 0 Å². The van der Waals surface area contributed by atoms with Crippen LogP contribution in [-0.4, -0.2) is 29.7 Å². The topological polar surface area (TPSA) is 82.0 Å². The lowest BCUT2D eigenvalue weighted by atomic mass is 10.1. The Morgan fingerprint density at radius 1 is 1.12 bits per heavy atom. The molecule has 0 amide bonds. The number of nitrogens with zero attached hydrogens (tertiary/aromatic N) is 6. The maximum Gasteiger partial charge on any atom is 0.204 e. The van der Waals surface area contributed by atoms with Gasteiger partial charge >= 0.3 is 0 Å². The van der Waals surface area contributed by atoms with E-state index in [1.54, 1.807) is 22.2 Å². The van der Waals surface area contributed by atoms with E-state index in [2.05, 4.69) is 38.2 Å². The number of fused-ring (bicyclic) bond motifs is 5. The van der Waals surface area contributed by atoms with Crippen LogP contribution in [0.2, 0.25) is 0 Å². The zero-order valence-corrected chi connectivity index (χ0v) is 14.0. The molecule has 7 nitrogen and oxygen atoms in total. The number of hydrogen-bond acceptors (Lipinski definition) is 7. The molecule has 0 saturated carbocycles. The Balaban J connectivity index is 1.86. The molecule has 0 aliphatic heterocycles. The van der Waals surface area contributed by atoms with Gasteiger partial charge in [0.15, 0.2) is 11.3 Å². The fraction of sp³-hybridized carbons (Fsp3) is 0.188. The lowest BCUT2D eigenvalue weighted by molar-refractivity contribution is 0.399. The van der Waals surface area contributed by atoms with E-state index in [0.717, 1.165) is 37.5 Å². The van der Waals surface area contributed by atoms with Gasteiger partial charge in [0, 0.05) is 17.1 Å². The van der Waals surface area contributed by atoms with Crippen LogP contribution in [0.4, 0.5) is 0 Å². The van der Waals surface area contributed by atoms with Gasteiger partial charge in [-0.3, -0.25) is 0 Å². The van der Waals surface area contributed by atoms with Gasteiger partial charge in [-0.25, -0.2) is 19.5 Å². The number of aromatic nitrogens is 6. The first-order valence-electron chi connectivity index (χ1n) is 7.45. The first-order chi connectivity index (χ1) is 11.6. The summed E-state index contributed by atoms with van der Waals surface area (Å²) in [5, 5.41) is 9.54. The fourth-order valence-electron chi connectivity index (χ4n) is 2.95. The minimum absolute atomic E-state index is 0.527. The lowest BCUT2D eigenvalue weighted by Crippen LogP contribution is -1.90. The van der Waals surface area contributed by atoms with Crippen LogP contribution in [0.3, 0.4) is 0 Å². The molecule has 5 aromatic rings. The molecule has 0 unspecified atom stereocenters. The average molecular weight is 336 g/mol. The minimum Gasteiger partial charge on any atom is -0.361 e. The van der Waals surface area contributed by atoms with Gasteiger partial charge in [0.05, 0.1) is 5.52 Å². The van der Waals surface area contributed by atoms with Crippen LogP contribution >= 0.6 is 11.3 Å². The van der Waals surface area contributed by atoms with Gasteiger partial charge in [0.25, 0.3) is 0 Å². The van der Waals surface area contributed by atoms with Crippen molar-refractivity contribution in [3.05, 3.63) is 35.5 Å². The second-order valence-electron chi connectivity index (χ2n) is 5.81. The number of pyridine rings is 1. The molecule has 0 spiro atoms. The van der Waals surface area contributed by atoms with Gasteiger partial charge in [-0.1, -0.05) is 5.16 Å². The van der Waals surface area contributed by atoms with Gasteiger partial charge in [-0.15, -0.1) is 16.4 Å². The molecule has 0 N–H and O–H groups in total. The van der Waals surface area contributed by atoms with E-state index < -0.39 is 0 Å². The Bertz CT molecular complexity index is 1250. The van der Waals surface area contributed by atoms with Gasteiger partial charge in [0.2, 0.25) is 5.82 Å². The largest absolute Gasteiger partial charge is 0.361 e. The maximum atomic E-state index is 5.12. The molecule has 118 valence electrons. The van der Waals surface area contributed by atoms with Crippen LogP contribution < -0.4 is 0 Å². The molecule has 0 atom stereocenters. The Labute approximate surface area is 140 Å². The molecule has 0 aliphatic carbocycles. The third kappa shape index (κ3) is 1.80. The predicted molar refractivity (Wildman–Crippen MR) is 91.2 cm³/mol. The quantitative estimate of drug-likeness (QED) is 0.466. The van der Waals surface area contributed by atoms with Crippen LogP contribution in [0.5, 0.6) is 0 Å². The van der Waals surface area contributed by atoms with Crippen LogP contribution in [-0.2, 0) is 0 Å².